The van der Waals surface area contributed by atoms with Crippen LogP contribution in [0.5, 0.6) is 0 Å². The predicted octanol–water partition coefficient (Wildman–Crippen LogP) is 2.27. The van der Waals surface area contributed by atoms with E-state index in [1.165, 1.54) is 24.3 Å². The van der Waals surface area contributed by atoms with Gasteiger partial charge in [0.05, 0.1) is 23.6 Å². The maximum absolute atomic E-state index is 12.1. The quantitative estimate of drug-likeness (QED) is 0.632. The molecule has 1 heterocycles. The number of carbonyl (C=O) groups is 2. The Bertz CT molecular complexity index is 494. The molecule has 0 radical (unpaired) electrons. The highest BCUT2D eigenvalue weighted by molar-refractivity contribution is 6.41. The lowest BCUT2D eigenvalue weighted by Gasteiger charge is -2.20. The van der Waals surface area contributed by atoms with Crippen molar-refractivity contribution in [1.82, 2.24) is 9.88 Å². The summed E-state index contributed by atoms with van der Waals surface area (Å²) in [5, 5.41) is 0.353. The second kappa shape index (κ2) is 6.73. The first-order valence-electron chi connectivity index (χ1n) is 5.51. The second-order valence-corrected chi connectivity index (χ2v) is 4.87. The van der Waals surface area contributed by atoms with Crippen LogP contribution < -0.4 is 0 Å². The van der Waals surface area contributed by atoms with Gasteiger partial charge < -0.3 is 9.64 Å². The largest absolute Gasteiger partial charge is 0.469 e. The minimum Gasteiger partial charge on any atom is -0.469 e. The summed E-state index contributed by atoms with van der Waals surface area (Å²) >= 11 is 11.5. The third-order valence-electron chi connectivity index (χ3n) is 2.54. The van der Waals surface area contributed by atoms with E-state index in [2.05, 4.69) is 9.72 Å². The maximum Gasteiger partial charge on any atom is 0.310 e. The van der Waals surface area contributed by atoms with Crippen molar-refractivity contribution in [3.8, 4) is 0 Å². The van der Waals surface area contributed by atoms with E-state index in [-0.39, 0.29) is 28.6 Å². The average molecular weight is 305 g/mol. The number of ether oxygens (including phenoxy) is 1. The summed E-state index contributed by atoms with van der Waals surface area (Å²) in [6.07, 6.45) is 1.34. The zero-order valence-electron chi connectivity index (χ0n) is 10.8. The number of amides is 1. The Morgan fingerprint density at radius 3 is 2.63 bits per heavy atom. The van der Waals surface area contributed by atoms with Crippen LogP contribution in [-0.2, 0) is 9.53 Å². The third kappa shape index (κ3) is 4.08. The molecule has 5 nitrogen and oxygen atoms in total. The fraction of sp³-hybridized carbons (Fsp3) is 0.417. The molecule has 0 bridgehead atoms. The molecular formula is C12H14Cl2N2O3. The maximum atomic E-state index is 12.1. The van der Waals surface area contributed by atoms with Gasteiger partial charge in [-0.3, -0.25) is 9.59 Å². The Morgan fingerprint density at radius 2 is 2.11 bits per heavy atom. The van der Waals surface area contributed by atoms with Crippen molar-refractivity contribution in [2.24, 2.45) is 5.92 Å². The van der Waals surface area contributed by atoms with Gasteiger partial charge >= 0.3 is 5.97 Å². The highest BCUT2D eigenvalue weighted by atomic mass is 35.5. The number of hydrogen-bond acceptors (Lipinski definition) is 4. The van der Waals surface area contributed by atoms with Crippen LogP contribution in [0.3, 0.4) is 0 Å². The van der Waals surface area contributed by atoms with Crippen molar-refractivity contribution in [3.05, 3.63) is 28.0 Å². The number of nitrogens with zero attached hydrogens (tertiary/aromatic N) is 2. The van der Waals surface area contributed by atoms with Gasteiger partial charge in [-0.2, -0.15) is 0 Å². The molecule has 0 saturated heterocycles. The van der Waals surface area contributed by atoms with Gasteiger partial charge in [-0.25, -0.2) is 4.98 Å². The van der Waals surface area contributed by atoms with Gasteiger partial charge in [-0.1, -0.05) is 30.1 Å². The number of rotatable bonds is 4. The van der Waals surface area contributed by atoms with Crippen LogP contribution >= 0.6 is 23.2 Å². The van der Waals surface area contributed by atoms with Crippen LogP contribution in [0.15, 0.2) is 12.3 Å². The highest BCUT2D eigenvalue weighted by Gasteiger charge is 2.20. The van der Waals surface area contributed by atoms with E-state index in [0.717, 1.165) is 0 Å². The summed E-state index contributed by atoms with van der Waals surface area (Å²) in [4.78, 5) is 28.6. The monoisotopic (exact) mass is 304 g/mol. The number of methoxy groups -OCH3 is 1. The van der Waals surface area contributed by atoms with Crippen molar-refractivity contribution in [1.29, 1.82) is 0 Å². The predicted molar refractivity (Wildman–Crippen MR) is 72.4 cm³/mol. The molecule has 7 heteroatoms. The SMILES string of the molecule is COC(=O)C(C)CN(C)C(=O)c1cnc(Cl)c(Cl)c1. The number of aromatic nitrogens is 1. The first kappa shape index (κ1) is 15.7. The smallest absolute Gasteiger partial charge is 0.310 e. The fourth-order valence-corrected chi connectivity index (χ4v) is 1.80. The van der Waals surface area contributed by atoms with E-state index < -0.39 is 5.92 Å². The normalized spacial score (nSPS) is 11.8. The summed E-state index contributed by atoms with van der Waals surface area (Å²) in [5.41, 5.74) is 0.314. The summed E-state index contributed by atoms with van der Waals surface area (Å²) in [5.74, 6) is -1.07. The topological polar surface area (TPSA) is 59.5 Å². The van der Waals surface area contributed by atoms with Crippen molar-refractivity contribution >= 4 is 35.1 Å². The van der Waals surface area contributed by atoms with Crippen molar-refractivity contribution in [3.63, 3.8) is 0 Å². The Hall–Kier alpha value is -1.33. The third-order valence-corrected chi connectivity index (χ3v) is 3.23. The number of esters is 1. The Morgan fingerprint density at radius 1 is 1.47 bits per heavy atom. The zero-order chi connectivity index (χ0) is 14.6. The minimum atomic E-state index is -0.408. The van der Waals surface area contributed by atoms with Gasteiger partial charge in [0, 0.05) is 19.8 Å². The van der Waals surface area contributed by atoms with Crippen molar-refractivity contribution in [2.75, 3.05) is 20.7 Å². The lowest BCUT2D eigenvalue weighted by atomic mass is 10.1. The summed E-state index contributed by atoms with van der Waals surface area (Å²) < 4.78 is 4.61. The van der Waals surface area contributed by atoms with Gasteiger partial charge in [0.2, 0.25) is 0 Å². The molecule has 0 fully saturated rings. The number of pyridine rings is 1. The molecule has 0 aliphatic rings. The molecule has 104 valence electrons. The first-order valence-corrected chi connectivity index (χ1v) is 6.26. The molecule has 0 N–H and O–H groups in total. The van der Waals surface area contributed by atoms with Crippen LogP contribution in [0.4, 0.5) is 0 Å². The van der Waals surface area contributed by atoms with E-state index in [1.807, 2.05) is 0 Å². The van der Waals surface area contributed by atoms with Crippen LogP contribution in [-0.4, -0.2) is 42.5 Å². The van der Waals surface area contributed by atoms with E-state index in [4.69, 9.17) is 23.2 Å². The molecule has 19 heavy (non-hydrogen) atoms. The Balaban J connectivity index is 2.76. The van der Waals surface area contributed by atoms with Crippen LogP contribution in [0.1, 0.15) is 17.3 Å². The van der Waals surface area contributed by atoms with Gasteiger partial charge in [0.1, 0.15) is 5.15 Å². The average Bonchev–Trinajstić information content (AvgIpc) is 2.39. The summed E-state index contributed by atoms with van der Waals surface area (Å²) in [6, 6.07) is 1.44. The van der Waals surface area contributed by atoms with Gasteiger partial charge in [0.15, 0.2) is 0 Å². The van der Waals surface area contributed by atoms with Crippen LogP contribution in [0.25, 0.3) is 0 Å². The molecule has 1 aromatic rings. The highest BCUT2D eigenvalue weighted by Crippen LogP contribution is 2.20. The molecule has 0 saturated carbocycles. The van der Waals surface area contributed by atoms with E-state index in [0.29, 0.717) is 5.56 Å². The lowest BCUT2D eigenvalue weighted by molar-refractivity contribution is -0.145. The molecule has 1 amide bonds. The van der Waals surface area contributed by atoms with E-state index >= 15 is 0 Å². The molecule has 0 aliphatic carbocycles. The number of halogens is 2. The van der Waals surface area contributed by atoms with Gasteiger partial charge in [-0.05, 0) is 6.07 Å². The van der Waals surface area contributed by atoms with E-state index in [9.17, 15) is 9.59 Å². The number of hydrogen-bond donors (Lipinski definition) is 0. The van der Waals surface area contributed by atoms with Crippen LogP contribution in [0, 0.1) is 5.92 Å². The van der Waals surface area contributed by atoms with Crippen molar-refractivity contribution < 1.29 is 14.3 Å². The zero-order valence-corrected chi connectivity index (χ0v) is 12.3. The summed E-state index contributed by atoms with van der Waals surface area (Å²) in [7, 11) is 2.90. The molecule has 0 spiro atoms. The first-order chi connectivity index (χ1) is 8.86. The van der Waals surface area contributed by atoms with E-state index in [1.54, 1.807) is 14.0 Å². The molecular weight excluding hydrogens is 291 g/mol. The van der Waals surface area contributed by atoms with Crippen molar-refractivity contribution in [2.45, 2.75) is 6.92 Å². The van der Waals surface area contributed by atoms with Gasteiger partial charge in [0.25, 0.3) is 5.91 Å². The Labute approximate surface area is 121 Å². The molecule has 1 unspecified atom stereocenters. The van der Waals surface area contributed by atoms with Crippen LogP contribution in [0.2, 0.25) is 10.2 Å². The molecule has 0 aromatic carbocycles. The van der Waals surface area contributed by atoms with Gasteiger partial charge in [-0.15, -0.1) is 0 Å². The summed E-state index contributed by atoms with van der Waals surface area (Å²) in [6.45, 7) is 1.93. The molecule has 0 aliphatic heterocycles. The number of carbonyl (C=O) groups excluding carboxylic acids is 2. The minimum absolute atomic E-state index is 0.142. The molecule has 1 rings (SSSR count). The Kier molecular flexibility index (Phi) is 5.57. The fourth-order valence-electron chi connectivity index (χ4n) is 1.53. The molecule has 1 atom stereocenters. The second-order valence-electron chi connectivity index (χ2n) is 4.11. The molecule has 1 aromatic heterocycles. The lowest BCUT2D eigenvalue weighted by Crippen LogP contribution is -2.34. The standard InChI is InChI=1S/C12H14Cl2N2O3/c1-7(12(18)19-3)6-16(2)11(17)8-4-9(13)10(14)15-5-8/h4-5,7H,6H2,1-3H3.